The number of rotatable bonds is 11. The van der Waals surface area contributed by atoms with Crippen molar-refractivity contribution in [3.8, 4) is 10.6 Å². The van der Waals surface area contributed by atoms with Crippen LogP contribution in [-0.4, -0.2) is 31.0 Å². The number of carbonyl (C=O) groups is 1. The summed E-state index contributed by atoms with van der Waals surface area (Å²) in [7, 11) is -2.71. The molecule has 8 nitrogen and oxygen atoms in total. The number of carbonyl (C=O) groups excluding carboxylic acids is 1. The summed E-state index contributed by atoms with van der Waals surface area (Å²) in [5, 5.41) is 8.96. The molecule has 2 heterocycles. The van der Waals surface area contributed by atoms with Crippen LogP contribution in [0.15, 0.2) is 65.4 Å². The standard InChI is InChI=1S/C24H24N4O4S3/c1-2-32-22(29)13-19-14-34-24(25-19)27-20(12-16-8-10-18(11-9-16)28-35(30)31)21-15-33-23(26-21)17-6-4-3-5-7-17/h3-11,14-15,20,35H,2,12-13H2,1H3,(H,25,27)(H,28,30,31)/t20-/m0/s1. The highest BCUT2D eigenvalue weighted by Gasteiger charge is 2.19. The summed E-state index contributed by atoms with van der Waals surface area (Å²) in [5.74, 6) is -0.304. The third kappa shape index (κ3) is 7.10. The van der Waals surface area contributed by atoms with Gasteiger partial charge in [0, 0.05) is 22.0 Å². The van der Waals surface area contributed by atoms with Gasteiger partial charge >= 0.3 is 5.97 Å². The van der Waals surface area contributed by atoms with E-state index in [1.807, 2.05) is 53.2 Å². The molecule has 0 amide bonds. The lowest BCUT2D eigenvalue weighted by Crippen LogP contribution is -2.14. The second-order valence-electron chi connectivity index (χ2n) is 7.54. The summed E-state index contributed by atoms with van der Waals surface area (Å²) in [4.78, 5) is 21.2. The molecule has 2 aromatic heterocycles. The monoisotopic (exact) mass is 528 g/mol. The van der Waals surface area contributed by atoms with Crippen molar-refractivity contribution >= 4 is 50.4 Å². The Hall–Kier alpha value is -3.28. The van der Waals surface area contributed by atoms with E-state index in [1.54, 1.807) is 30.4 Å². The van der Waals surface area contributed by atoms with Crippen molar-refractivity contribution in [3.05, 3.63) is 82.3 Å². The van der Waals surface area contributed by atoms with E-state index < -0.39 is 10.9 Å². The number of esters is 1. The van der Waals surface area contributed by atoms with E-state index >= 15 is 0 Å². The molecule has 2 aromatic carbocycles. The lowest BCUT2D eigenvalue weighted by atomic mass is 10.0. The van der Waals surface area contributed by atoms with Gasteiger partial charge in [-0.3, -0.25) is 9.52 Å². The van der Waals surface area contributed by atoms with Gasteiger partial charge in [0.15, 0.2) is 5.13 Å². The summed E-state index contributed by atoms with van der Waals surface area (Å²) < 4.78 is 29.2. The van der Waals surface area contributed by atoms with Crippen LogP contribution in [0.1, 0.15) is 29.9 Å². The van der Waals surface area contributed by atoms with Gasteiger partial charge in [-0.25, -0.2) is 18.4 Å². The second kappa shape index (κ2) is 11.9. The molecule has 0 bridgehead atoms. The molecule has 0 aliphatic heterocycles. The quantitative estimate of drug-likeness (QED) is 0.191. The lowest BCUT2D eigenvalue weighted by Gasteiger charge is -2.17. The van der Waals surface area contributed by atoms with Gasteiger partial charge in [0.05, 0.1) is 30.5 Å². The van der Waals surface area contributed by atoms with Crippen molar-refractivity contribution in [2.45, 2.75) is 25.8 Å². The Morgan fingerprint density at radius 3 is 2.51 bits per heavy atom. The van der Waals surface area contributed by atoms with Crippen LogP contribution in [0.2, 0.25) is 0 Å². The maximum absolute atomic E-state index is 11.8. The van der Waals surface area contributed by atoms with Crippen molar-refractivity contribution in [3.63, 3.8) is 0 Å². The smallest absolute Gasteiger partial charge is 0.311 e. The molecule has 0 fully saturated rings. The summed E-state index contributed by atoms with van der Waals surface area (Å²) in [6.07, 6.45) is 0.733. The van der Waals surface area contributed by atoms with Crippen LogP contribution in [0.3, 0.4) is 0 Å². The van der Waals surface area contributed by atoms with E-state index in [1.165, 1.54) is 11.3 Å². The fourth-order valence-electron chi connectivity index (χ4n) is 3.41. The summed E-state index contributed by atoms with van der Waals surface area (Å²) in [6, 6.07) is 17.0. The van der Waals surface area contributed by atoms with E-state index in [4.69, 9.17) is 9.72 Å². The highest BCUT2D eigenvalue weighted by atomic mass is 32.2. The maximum atomic E-state index is 11.8. The minimum absolute atomic E-state index is 0.127. The zero-order valence-electron chi connectivity index (χ0n) is 18.8. The van der Waals surface area contributed by atoms with Crippen LogP contribution in [0.4, 0.5) is 10.8 Å². The van der Waals surface area contributed by atoms with Gasteiger partial charge in [-0.2, -0.15) is 0 Å². The molecule has 0 saturated heterocycles. The van der Waals surface area contributed by atoms with Crippen molar-refractivity contribution < 1.29 is 17.9 Å². The molecule has 4 aromatic rings. The predicted octanol–water partition coefficient (Wildman–Crippen LogP) is 4.71. The maximum Gasteiger partial charge on any atom is 0.311 e. The topological polar surface area (TPSA) is 110 Å². The zero-order chi connectivity index (χ0) is 24.6. The number of anilines is 2. The number of ether oxygens (including phenoxy) is 1. The van der Waals surface area contributed by atoms with Crippen LogP contribution in [0.5, 0.6) is 0 Å². The summed E-state index contributed by atoms with van der Waals surface area (Å²) >= 11 is 3.00. The zero-order valence-corrected chi connectivity index (χ0v) is 21.4. The number of nitrogens with zero attached hydrogens (tertiary/aromatic N) is 2. The number of thiazole rings is 2. The van der Waals surface area contributed by atoms with Gasteiger partial charge in [0.1, 0.15) is 5.01 Å². The van der Waals surface area contributed by atoms with Gasteiger partial charge in [-0.05, 0) is 31.0 Å². The minimum Gasteiger partial charge on any atom is -0.466 e. The van der Waals surface area contributed by atoms with Crippen LogP contribution in [-0.2, 0) is 33.3 Å². The third-order valence-electron chi connectivity index (χ3n) is 4.99. The van der Waals surface area contributed by atoms with Gasteiger partial charge < -0.3 is 10.1 Å². The van der Waals surface area contributed by atoms with Crippen molar-refractivity contribution in [2.24, 2.45) is 0 Å². The van der Waals surface area contributed by atoms with Gasteiger partial charge in [0.2, 0.25) is 10.9 Å². The highest BCUT2D eigenvalue weighted by Crippen LogP contribution is 2.31. The molecule has 182 valence electrons. The lowest BCUT2D eigenvalue weighted by molar-refractivity contribution is -0.142. The molecule has 0 aliphatic carbocycles. The molecular weight excluding hydrogens is 504 g/mol. The van der Waals surface area contributed by atoms with Crippen molar-refractivity contribution in [1.29, 1.82) is 0 Å². The van der Waals surface area contributed by atoms with Crippen LogP contribution < -0.4 is 10.0 Å². The first-order valence-corrected chi connectivity index (χ1v) is 13.8. The number of benzene rings is 2. The highest BCUT2D eigenvalue weighted by molar-refractivity contribution is 7.73. The first-order valence-electron chi connectivity index (χ1n) is 10.9. The Morgan fingerprint density at radius 1 is 1.03 bits per heavy atom. The number of hydrogen-bond acceptors (Lipinski definition) is 9. The van der Waals surface area contributed by atoms with Crippen LogP contribution in [0, 0.1) is 0 Å². The molecule has 0 spiro atoms. The predicted molar refractivity (Wildman–Crippen MR) is 140 cm³/mol. The third-order valence-corrected chi connectivity index (χ3v) is 7.17. The average molecular weight is 529 g/mol. The molecule has 0 aliphatic rings. The Balaban J connectivity index is 1.56. The SMILES string of the molecule is CCOC(=O)Cc1csc(N[C@@H](Cc2ccc(N[SH](=O)=O)cc2)c2csc(-c3ccccc3)n2)n1. The fourth-order valence-corrected chi connectivity index (χ4v) is 5.41. The molecule has 2 N–H and O–H groups in total. The largest absolute Gasteiger partial charge is 0.466 e. The average Bonchev–Trinajstić information content (AvgIpc) is 3.50. The Bertz CT molecular complexity index is 1330. The number of thiol groups is 1. The Kier molecular flexibility index (Phi) is 8.45. The number of hydrogen-bond donors (Lipinski definition) is 3. The van der Waals surface area contributed by atoms with Crippen LogP contribution >= 0.6 is 22.7 Å². The number of nitrogens with one attached hydrogen (secondary N) is 2. The van der Waals surface area contributed by atoms with E-state index in [9.17, 15) is 13.2 Å². The van der Waals surface area contributed by atoms with Gasteiger partial charge in [-0.15, -0.1) is 22.7 Å². The van der Waals surface area contributed by atoms with E-state index in [0.29, 0.717) is 29.5 Å². The Morgan fingerprint density at radius 2 is 1.80 bits per heavy atom. The van der Waals surface area contributed by atoms with Crippen molar-refractivity contribution in [2.75, 3.05) is 16.6 Å². The fraction of sp³-hybridized carbons (Fsp3) is 0.208. The second-order valence-corrected chi connectivity index (χ2v) is 9.99. The van der Waals surface area contributed by atoms with E-state index in [0.717, 1.165) is 21.8 Å². The molecule has 0 saturated carbocycles. The van der Waals surface area contributed by atoms with E-state index in [-0.39, 0.29) is 18.4 Å². The molecular formula is C24H24N4O4S3. The minimum atomic E-state index is -2.71. The summed E-state index contributed by atoms with van der Waals surface area (Å²) in [6.45, 7) is 2.11. The van der Waals surface area contributed by atoms with E-state index in [2.05, 4.69) is 15.0 Å². The van der Waals surface area contributed by atoms with Crippen LogP contribution in [0.25, 0.3) is 10.6 Å². The Labute approximate surface area is 213 Å². The first-order chi connectivity index (χ1) is 17.0. The molecule has 4 rings (SSSR count). The van der Waals surface area contributed by atoms with Gasteiger partial charge in [0.25, 0.3) is 0 Å². The van der Waals surface area contributed by atoms with Crippen molar-refractivity contribution in [1.82, 2.24) is 9.97 Å². The normalized spacial score (nSPS) is 11.8. The summed E-state index contributed by atoms with van der Waals surface area (Å²) in [5.41, 5.74) is 4.10. The first kappa shape index (κ1) is 24.8. The molecule has 0 radical (unpaired) electrons. The number of aromatic nitrogens is 2. The molecule has 35 heavy (non-hydrogen) atoms. The molecule has 0 unspecified atom stereocenters. The van der Waals surface area contributed by atoms with Gasteiger partial charge in [-0.1, -0.05) is 42.5 Å². The molecule has 1 atom stereocenters. The molecule has 11 heteroatoms.